The number of carbonyl (C=O) groups is 1. The van der Waals surface area contributed by atoms with Gasteiger partial charge in [-0.1, -0.05) is 67.4 Å². The predicted molar refractivity (Wildman–Crippen MR) is 93.6 cm³/mol. The van der Waals surface area contributed by atoms with E-state index >= 15 is 0 Å². The molecule has 0 saturated heterocycles. The number of ether oxygens (including phenoxy) is 1. The van der Waals surface area contributed by atoms with Gasteiger partial charge in [0.25, 0.3) is 0 Å². The van der Waals surface area contributed by atoms with Gasteiger partial charge in [-0.05, 0) is 11.0 Å². The molecule has 22 heavy (non-hydrogen) atoms. The van der Waals surface area contributed by atoms with Crippen molar-refractivity contribution >= 4 is 53.2 Å². The number of benzene rings is 1. The van der Waals surface area contributed by atoms with Gasteiger partial charge in [0.15, 0.2) is 0 Å². The Morgan fingerprint density at radius 3 is 2.18 bits per heavy atom. The largest absolute Gasteiger partial charge is 0.481 e. The van der Waals surface area contributed by atoms with Crippen molar-refractivity contribution in [1.29, 1.82) is 0 Å². The summed E-state index contributed by atoms with van der Waals surface area (Å²) in [7, 11) is 1.38. The average molecular weight is 390 g/mol. The van der Waals surface area contributed by atoms with Gasteiger partial charge in [-0.15, -0.1) is 24.0 Å². The quantitative estimate of drug-likeness (QED) is 0.661. The highest BCUT2D eigenvalue weighted by atomic mass is 35.5. The standard InChI is InChI=1S/C15H19Cl3O3.ClH/c1-14(2,11(16)9-15(17,18)21-3)12(13(19)20)10-7-5-4-6-8-10;/h4-8,11-12H,9H2,1-3H3,(H,19,20);1H. The van der Waals surface area contributed by atoms with E-state index in [1.54, 1.807) is 38.1 Å². The normalized spacial score (nSPS) is 14.8. The molecule has 0 aliphatic carbocycles. The van der Waals surface area contributed by atoms with E-state index < -0.39 is 27.2 Å². The molecule has 126 valence electrons. The zero-order chi connectivity index (χ0) is 16.3. The summed E-state index contributed by atoms with van der Waals surface area (Å²) >= 11 is 18.3. The van der Waals surface area contributed by atoms with E-state index in [4.69, 9.17) is 39.5 Å². The minimum atomic E-state index is -1.44. The second-order valence-electron chi connectivity index (χ2n) is 5.52. The molecule has 1 rings (SSSR count). The summed E-state index contributed by atoms with van der Waals surface area (Å²) in [5, 5.41) is 9.02. The summed E-state index contributed by atoms with van der Waals surface area (Å²) in [6.07, 6.45) is 0.109. The fraction of sp³-hybridized carbons (Fsp3) is 0.533. The van der Waals surface area contributed by atoms with E-state index in [1.807, 2.05) is 6.07 Å². The lowest BCUT2D eigenvalue weighted by atomic mass is 9.71. The molecule has 0 aliphatic heterocycles. The van der Waals surface area contributed by atoms with Crippen LogP contribution >= 0.6 is 47.2 Å². The fourth-order valence-electron chi connectivity index (χ4n) is 2.27. The molecular formula is C15H20Cl4O3. The molecular weight excluding hydrogens is 370 g/mol. The van der Waals surface area contributed by atoms with Crippen molar-refractivity contribution in [3.05, 3.63) is 35.9 Å². The minimum absolute atomic E-state index is 0. The van der Waals surface area contributed by atoms with Crippen molar-refractivity contribution in [3.8, 4) is 0 Å². The van der Waals surface area contributed by atoms with Gasteiger partial charge in [0, 0.05) is 18.9 Å². The molecule has 0 spiro atoms. The smallest absolute Gasteiger partial charge is 0.311 e. The van der Waals surface area contributed by atoms with E-state index in [2.05, 4.69) is 0 Å². The molecule has 2 atom stereocenters. The molecule has 0 bridgehead atoms. The summed E-state index contributed by atoms with van der Waals surface area (Å²) in [6, 6.07) is 8.98. The molecule has 0 amide bonds. The van der Waals surface area contributed by atoms with E-state index in [9.17, 15) is 9.90 Å². The highest BCUT2D eigenvalue weighted by molar-refractivity contribution is 6.47. The summed E-state index contributed by atoms with van der Waals surface area (Å²) in [4.78, 5) is 11.7. The van der Waals surface area contributed by atoms with Crippen molar-refractivity contribution in [2.75, 3.05) is 7.11 Å². The van der Waals surface area contributed by atoms with E-state index in [-0.39, 0.29) is 18.8 Å². The second-order valence-corrected chi connectivity index (χ2v) is 7.46. The lowest BCUT2D eigenvalue weighted by Crippen LogP contribution is -2.39. The van der Waals surface area contributed by atoms with Gasteiger partial charge in [-0.25, -0.2) is 0 Å². The topological polar surface area (TPSA) is 46.5 Å². The number of alkyl halides is 3. The number of aliphatic carboxylic acids is 1. The Bertz CT molecular complexity index is 477. The lowest BCUT2D eigenvalue weighted by molar-refractivity contribution is -0.141. The molecule has 0 fully saturated rings. The van der Waals surface area contributed by atoms with Crippen LogP contribution in [0.2, 0.25) is 0 Å². The molecule has 0 aliphatic rings. The predicted octanol–water partition coefficient (Wildman–Crippen LogP) is 5.08. The maximum absolute atomic E-state index is 11.7. The van der Waals surface area contributed by atoms with Crippen molar-refractivity contribution in [3.63, 3.8) is 0 Å². The van der Waals surface area contributed by atoms with Gasteiger partial charge in [-0.3, -0.25) is 4.79 Å². The van der Waals surface area contributed by atoms with Crippen LogP contribution in [-0.4, -0.2) is 28.1 Å². The van der Waals surface area contributed by atoms with Gasteiger partial charge in [0.1, 0.15) is 0 Å². The average Bonchev–Trinajstić information content (AvgIpc) is 2.38. The molecule has 7 heteroatoms. The minimum Gasteiger partial charge on any atom is -0.481 e. The van der Waals surface area contributed by atoms with Gasteiger partial charge < -0.3 is 9.84 Å². The first-order chi connectivity index (χ1) is 9.62. The van der Waals surface area contributed by atoms with Crippen molar-refractivity contribution in [1.82, 2.24) is 0 Å². The molecule has 1 aromatic carbocycles. The highest BCUT2D eigenvalue weighted by Crippen LogP contribution is 2.45. The lowest BCUT2D eigenvalue weighted by Gasteiger charge is -2.37. The first kappa shape index (κ1) is 21.8. The third-order valence-corrected chi connectivity index (χ3v) is 4.98. The van der Waals surface area contributed by atoms with Crippen LogP contribution in [0.3, 0.4) is 0 Å². The molecule has 3 nitrogen and oxygen atoms in total. The Balaban J connectivity index is 0.00000441. The Hall–Kier alpha value is -0.190. The van der Waals surface area contributed by atoms with E-state index in [0.717, 1.165) is 0 Å². The third kappa shape index (κ3) is 5.47. The van der Waals surface area contributed by atoms with Gasteiger partial charge in [-0.2, -0.15) is 0 Å². The monoisotopic (exact) mass is 388 g/mol. The summed E-state index contributed by atoms with van der Waals surface area (Å²) in [5.74, 6) is -1.72. The maximum atomic E-state index is 11.7. The molecule has 1 N–H and O–H groups in total. The highest BCUT2D eigenvalue weighted by Gasteiger charge is 2.44. The number of rotatable bonds is 7. The second kappa shape index (κ2) is 8.60. The Kier molecular flexibility index (Phi) is 8.53. The Labute approximate surface area is 152 Å². The number of methoxy groups -OCH3 is 1. The molecule has 0 heterocycles. The third-order valence-electron chi connectivity index (χ3n) is 3.65. The van der Waals surface area contributed by atoms with Crippen LogP contribution in [0.25, 0.3) is 0 Å². The van der Waals surface area contributed by atoms with Crippen LogP contribution in [0.15, 0.2) is 30.3 Å². The van der Waals surface area contributed by atoms with Crippen LogP contribution in [0.1, 0.15) is 31.7 Å². The molecule has 0 aromatic heterocycles. The zero-order valence-corrected chi connectivity index (χ0v) is 15.6. The van der Waals surface area contributed by atoms with Crippen molar-refractivity contribution < 1.29 is 14.6 Å². The zero-order valence-electron chi connectivity index (χ0n) is 12.6. The molecule has 0 saturated carbocycles. The number of carboxylic acids is 1. The van der Waals surface area contributed by atoms with E-state index in [1.165, 1.54) is 7.11 Å². The van der Waals surface area contributed by atoms with Crippen LogP contribution in [-0.2, 0) is 9.53 Å². The first-order valence-corrected chi connectivity index (χ1v) is 7.66. The number of halogens is 4. The molecule has 2 unspecified atom stereocenters. The van der Waals surface area contributed by atoms with Gasteiger partial charge in [0.2, 0.25) is 4.52 Å². The Morgan fingerprint density at radius 2 is 1.77 bits per heavy atom. The fourth-order valence-corrected chi connectivity index (χ4v) is 3.08. The van der Waals surface area contributed by atoms with Crippen LogP contribution < -0.4 is 0 Å². The Morgan fingerprint density at radius 1 is 1.27 bits per heavy atom. The number of hydrogen-bond donors (Lipinski definition) is 1. The summed E-state index contributed by atoms with van der Waals surface area (Å²) in [6.45, 7) is 3.58. The number of hydrogen-bond acceptors (Lipinski definition) is 2. The van der Waals surface area contributed by atoms with Gasteiger partial charge >= 0.3 is 5.97 Å². The SMILES string of the molecule is COC(Cl)(Cl)CC(Cl)C(C)(C)C(C(=O)O)c1ccccc1.Cl. The maximum Gasteiger partial charge on any atom is 0.311 e. The summed E-state index contributed by atoms with van der Waals surface area (Å²) in [5.41, 5.74) is -0.0877. The molecule has 1 aromatic rings. The van der Waals surface area contributed by atoms with E-state index in [0.29, 0.717) is 5.56 Å². The van der Waals surface area contributed by atoms with Crippen LogP contribution in [0.5, 0.6) is 0 Å². The van der Waals surface area contributed by atoms with Crippen molar-refractivity contribution in [2.24, 2.45) is 5.41 Å². The summed E-state index contributed by atoms with van der Waals surface area (Å²) < 4.78 is 3.51. The molecule has 0 radical (unpaired) electrons. The first-order valence-electron chi connectivity index (χ1n) is 6.46. The van der Waals surface area contributed by atoms with Crippen LogP contribution in [0.4, 0.5) is 0 Å². The van der Waals surface area contributed by atoms with Crippen molar-refractivity contribution in [2.45, 2.75) is 36.1 Å². The van der Waals surface area contributed by atoms with Gasteiger partial charge in [0.05, 0.1) is 5.92 Å². The van der Waals surface area contributed by atoms with Crippen LogP contribution in [0, 0.1) is 5.41 Å². The number of carboxylic acid groups (broad SMARTS) is 1.